The molecule has 0 atom stereocenters. The van der Waals surface area contributed by atoms with Gasteiger partial charge in [-0.1, -0.05) is 0 Å². The molecule has 0 spiro atoms. The van der Waals surface area contributed by atoms with Gasteiger partial charge in [-0.3, -0.25) is 4.79 Å². The van der Waals surface area contributed by atoms with Gasteiger partial charge in [0, 0.05) is 12.5 Å². The van der Waals surface area contributed by atoms with Gasteiger partial charge in [0.2, 0.25) is 5.91 Å². The van der Waals surface area contributed by atoms with Crippen molar-refractivity contribution >= 4 is 18.3 Å². The first-order valence-corrected chi connectivity index (χ1v) is 5.36. The van der Waals surface area contributed by atoms with Crippen LogP contribution in [-0.4, -0.2) is 30.7 Å². The Morgan fingerprint density at radius 2 is 1.93 bits per heavy atom. The number of rotatable bonds is 4. The van der Waals surface area contributed by atoms with Gasteiger partial charge in [0.15, 0.2) is 0 Å². The average Bonchev–Trinajstić information content (AvgIpc) is 2.26. The largest absolute Gasteiger partial charge is 0.395 e. The molecule has 15 heavy (non-hydrogen) atoms. The first-order valence-electron chi connectivity index (χ1n) is 5.36. The number of nitrogens with two attached hydrogens (primary N) is 1. The minimum Gasteiger partial charge on any atom is -0.395 e. The lowest BCUT2D eigenvalue weighted by atomic mass is 9.81. The molecule has 1 aliphatic carbocycles. The smallest absolute Gasteiger partial charge is 0.223 e. The second kappa shape index (κ2) is 7.91. The Hall–Kier alpha value is -0.320. The molecule has 1 fully saturated rings. The normalized spacial score (nSPS) is 25.5. The number of hydrogen-bond acceptors (Lipinski definition) is 3. The van der Waals surface area contributed by atoms with Crippen LogP contribution in [-0.2, 0) is 4.79 Å². The molecule has 0 radical (unpaired) electrons. The topological polar surface area (TPSA) is 75.4 Å². The van der Waals surface area contributed by atoms with Crippen LogP contribution in [0.15, 0.2) is 0 Å². The molecule has 0 aromatic carbocycles. The van der Waals surface area contributed by atoms with Gasteiger partial charge in [0.05, 0.1) is 6.61 Å². The molecule has 0 saturated heterocycles. The summed E-state index contributed by atoms with van der Waals surface area (Å²) in [7, 11) is 0. The van der Waals surface area contributed by atoms with Crippen LogP contribution in [0.1, 0.15) is 25.7 Å². The highest BCUT2D eigenvalue weighted by atomic mass is 35.5. The SMILES string of the molecule is Cl.NCC1CCC(C(=O)NCCO)CC1. The van der Waals surface area contributed by atoms with Crippen LogP contribution in [0.5, 0.6) is 0 Å². The Morgan fingerprint density at radius 3 is 2.40 bits per heavy atom. The predicted molar refractivity (Wildman–Crippen MR) is 61.8 cm³/mol. The molecule has 1 amide bonds. The average molecular weight is 237 g/mol. The van der Waals surface area contributed by atoms with E-state index in [9.17, 15) is 4.79 Å². The maximum Gasteiger partial charge on any atom is 0.223 e. The van der Waals surface area contributed by atoms with Gasteiger partial charge in [0.1, 0.15) is 0 Å². The Labute approximate surface area is 97.0 Å². The predicted octanol–water partition coefficient (Wildman–Crippen LogP) is 0.282. The van der Waals surface area contributed by atoms with E-state index in [4.69, 9.17) is 10.8 Å². The van der Waals surface area contributed by atoms with Crippen LogP contribution in [0.3, 0.4) is 0 Å². The molecule has 4 N–H and O–H groups in total. The van der Waals surface area contributed by atoms with Gasteiger partial charge in [-0.15, -0.1) is 12.4 Å². The molecule has 90 valence electrons. The van der Waals surface area contributed by atoms with Gasteiger partial charge in [0.25, 0.3) is 0 Å². The number of aliphatic hydroxyl groups excluding tert-OH is 1. The van der Waals surface area contributed by atoms with Crippen molar-refractivity contribution in [2.75, 3.05) is 19.7 Å². The minimum atomic E-state index is 0. The van der Waals surface area contributed by atoms with E-state index in [0.29, 0.717) is 12.5 Å². The fourth-order valence-electron chi connectivity index (χ4n) is 1.98. The van der Waals surface area contributed by atoms with E-state index in [-0.39, 0.29) is 30.8 Å². The maximum atomic E-state index is 11.5. The number of aliphatic hydroxyl groups is 1. The van der Waals surface area contributed by atoms with Crippen molar-refractivity contribution < 1.29 is 9.90 Å². The lowest BCUT2D eigenvalue weighted by molar-refractivity contribution is -0.126. The second-order valence-corrected chi connectivity index (χ2v) is 3.97. The van der Waals surface area contributed by atoms with Gasteiger partial charge in [-0.25, -0.2) is 0 Å². The third-order valence-electron chi connectivity index (χ3n) is 2.96. The van der Waals surface area contributed by atoms with Crippen LogP contribution in [0.2, 0.25) is 0 Å². The number of carbonyl (C=O) groups is 1. The molecule has 1 rings (SSSR count). The number of halogens is 1. The van der Waals surface area contributed by atoms with E-state index in [2.05, 4.69) is 5.32 Å². The first-order chi connectivity index (χ1) is 6.77. The fourth-order valence-corrected chi connectivity index (χ4v) is 1.98. The molecule has 4 nitrogen and oxygen atoms in total. The third kappa shape index (κ3) is 4.82. The summed E-state index contributed by atoms with van der Waals surface area (Å²) < 4.78 is 0. The van der Waals surface area contributed by atoms with E-state index in [1.165, 1.54) is 0 Å². The fraction of sp³-hybridized carbons (Fsp3) is 0.900. The second-order valence-electron chi connectivity index (χ2n) is 3.97. The Balaban J connectivity index is 0.00000196. The summed E-state index contributed by atoms with van der Waals surface area (Å²) in [6.07, 6.45) is 4.01. The van der Waals surface area contributed by atoms with Crippen LogP contribution < -0.4 is 11.1 Å². The van der Waals surface area contributed by atoms with Gasteiger partial charge in [-0.2, -0.15) is 0 Å². The number of amides is 1. The lowest BCUT2D eigenvalue weighted by Gasteiger charge is -2.26. The quantitative estimate of drug-likeness (QED) is 0.657. The summed E-state index contributed by atoms with van der Waals surface area (Å²) in [6.45, 7) is 1.13. The molecular weight excluding hydrogens is 216 g/mol. The molecule has 0 bridgehead atoms. The molecule has 0 heterocycles. The zero-order chi connectivity index (χ0) is 10.4. The molecule has 0 aromatic heterocycles. The Kier molecular flexibility index (Phi) is 7.74. The number of nitrogens with one attached hydrogen (secondary N) is 1. The Bertz CT molecular complexity index is 182. The number of hydrogen-bond donors (Lipinski definition) is 3. The van der Waals surface area contributed by atoms with Crippen molar-refractivity contribution in [2.24, 2.45) is 17.6 Å². The van der Waals surface area contributed by atoms with Crippen molar-refractivity contribution in [1.82, 2.24) is 5.32 Å². The van der Waals surface area contributed by atoms with E-state index in [1.54, 1.807) is 0 Å². The molecule has 1 aliphatic rings. The van der Waals surface area contributed by atoms with Crippen LogP contribution in [0.25, 0.3) is 0 Å². The van der Waals surface area contributed by atoms with Gasteiger partial charge >= 0.3 is 0 Å². The standard InChI is InChI=1S/C10H20N2O2.ClH/c11-7-8-1-3-9(4-2-8)10(14)12-5-6-13;/h8-9,13H,1-7,11H2,(H,12,14);1H. The van der Waals surface area contributed by atoms with E-state index in [1.807, 2.05) is 0 Å². The van der Waals surface area contributed by atoms with Gasteiger partial charge < -0.3 is 16.2 Å². The maximum absolute atomic E-state index is 11.5. The van der Waals surface area contributed by atoms with Crippen LogP contribution in [0.4, 0.5) is 0 Å². The summed E-state index contributed by atoms with van der Waals surface area (Å²) in [5.74, 6) is 0.843. The van der Waals surface area contributed by atoms with E-state index in [0.717, 1.165) is 32.2 Å². The highest BCUT2D eigenvalue weighted by Gasteiger charge is 2.24. The van der Waals surface area contributed by atoms with E-state index >= 15 is 0 Å². The molecule has 1 saturated carbocycles. The van der Waals surface area contributed by atoms with Crippen LogP contribution >= 0.6 is 12.4 Å². The lowest BCUT2D eigenvalue weighted by Crippen LogP contribution is -2.35. The Morgan fingerprint density at radius 1 is 1.33 bits per heavy atom. The highest BCUT2D eigenvalue weighted by Crippen LogP contribution is 2.27. The first kappa shape index (κ1) is 14.7. The van der Waals surface area contributed by atoms with E-state index < -0.39 is 0 Å². The van der Waals surface area contributed by atoms with Crippen molar-refractivity contribution in [2.45, 2.75) is 25.7 Å². The summed E-state index contributed by atoms with van der Waals surface area (Å²) in [5.41, 5.74) is 5.57. The zero-order valence-electron chi connectivity index (χ0n) is 8.95. The summed E-state index contributed by atoms with van der Waals surface area (Å²) in [4.78, 5) is 11.5. The number of carbonyl (C=O) groups excluding carboxylic acids is 1. The highest BCUT2D eigenvalue weighted by molar-refractivity contribution is 5.85. The summed E-state index contributed by atoms with van der Waals surface area (Å²) >= 11 is 0. The molecule has 5 heteroatoms. The molecule has 0 aromatic rings. The molecule has 0 unspecified atom stereocenters. The van der Waals surface area contributed by atoms with Crippen molar-refractivity contribution in [3.8, 4) is 0 Å². The van der Waals surface area contributed by atoms with Crippen molar-refractivity contribution in [1.29, 1.82) is 0 Å². The van der Waals surface area contributed by atoms with Crippen molar-refractivity contribution in [3.63, 3.8) is 0 Å². The van der Waals surface area contributed by atoms with Crippen molar-refractivity contribution in [3.05, 3.63) is 0 Å². The van der Waals surface area contributed by atoms with Gasteiger partial charge in [-0.05, 0) is 38.1 Å². The summed E-state index contributed by atoms with van der Waals surface area (Å²) in [5, 5.41) is 11.3. The monoisotopic (exact) mass is 236 g/mol. The minimum absolute atomic E-state index is 0. The molecular formula is C10H21ClN2O2. The summed E-state index contributed by atoms with van der Waals surface area (Å²) in [6, 6.07) is 0. The molecule has 0 aliphatic heterocycles. The zero-order valence-corrected chi connectivity index (χ0v) is 9.76. The third-order valence-corrected chi connectivity index (χ3v) is 2.96. The van der Waals surface area contributed by atoms with Crippen LogP contribution in [0, 0.1) is 11.8 Å².